The minimum Gasteiger partial charge on any atom is -0.398 e. The minimum absolute atomic E-state index is 0.119. The van der Waals surface area contributed by atoms with E-state index in [2.05, 4.69) is 31.5 Å². The lowest BCUT2D eigenvalue weighted by atomic mass is 9.99. The normalized spacial score (nSPS) is 16.3. The summed E-state index contributed by atoms with van der Waals surface area (Å²) < 4.78 is 14.9. The van der Waals surface area contributed by atoms with Crippen LogP contribution in [0, 0.1) is 13.8 Å². The highest BCUT2D eigenvalue weighted by Crippen LogP contribution is 2.35. The molecule has 5 nitrogen and oxygen atoms in total. The van der Waals surface area contributed by atoms with E-state index in [4.69, 9.17) is 5.73 Å². The molecule has 3 rings (SSSR count). The average molecular weight is 393 g/mol. The molecule has 1 atom stereocenters. The van der Waals surface area contributed by atoms with Gasteiger partial charge in [-0.3, -0.25) is 10.1 Å². The standard InChI is InChI=1S/C17H18BrFN4O/c1-8-3-9(2)23-17(24)12(8)6-21-16-11-4-10(18)5-14(20)15(11)13(19)7-22-16/h3-5,7,16,21-22H,6,20H2,1-2H3,(H,23,24). The van der Waals surface area contributed by atoms with Gasteiger partial charge < -0.3 is 16.0 Å². The molecular formula is C17H18BrFN4O. The van der Waals surface area contributed by atoms with E-state index >= 15 is 0 Å². The van der Waals surface area contributed by atoms with Crippen molar-refractivity contribution >= 4 is 27.4 Å². The Morgan fingerprint density at radius 3 is 2.79 bits per heavy atom. The summed E-state index contributed by atoms with van der Waals surface area (Å²) in [6.45, 7) is 4.09. The van der Waals surface area contributed by atoms with Crippen molar-refractivity contribution in [3.63, 3.8) is 0 Å². The Morgan fingerprint density at radius 1 is 1.33 bits per heavy atom. The van der Waals surface area contributed by atoms with Crippen molar-refractivity contribution in [1.29, 1.82) is 0 Å². The molecule has 0 radical (unpaired) electrons. The molecule has 7 heteroatoms. The number of nitrogens with two attached hydrogens (primary N) is 1. The molecule has 0 saturated heterocycles. The predicted molar refractivity (Wildman–Crippen MR) is 96.9 cm³/mol. The number of aromatic amines is 1. The van der Waals surface area contributed by atoms with Gasteiger partial charge in [0.25, 0.3) is 5.56 Å². The second-order valence-electron chi connectivity index (χ2n) is 5.88. The highest BCUT2D eigenvalue weighted by Gasteiger charge is 2.24. The maximum atomic E-state index is 14.1. The predicted octanol–water partition coefficient (Wildman–Crippen LogP) is 3.00. The third-order valence-corrected chi connectivity index (χ3v) is 4.53. The number of fused-ring (bicyclic) bond motifs is 1. The Hall–Kier alpha value is -2.12. The lowest BCUT2D eigenvalue weighted by Crippen LogP contribution is -2.35. The molecule has 1 unspecified atom stereocenters. The first-order valence-electron chi connectivity index (χ1n) is 7.50. The van der Waals surface area contributed by atoms with Crippen LogP contribution in [0.2, 0.25) is 0 Å². The molecule has 1 aliphatic rings. The van der Waals surface area contributed by atoms with Crippen molar-refractivity contribution in [1.82, 2.24) is 15.6 Å². The molecule has 2 aromatic rings. The number of halogens is 2. The van der Waals surface area contributed by atoms with Gasteiger partial charge in [-0.1, -0.05) is 15.9 Å². The Bertz CT molecular complexity index is 891. The van der Waals surface area contributed by atoms with Gasteiger partial charge in [0.1, 0.15) is 12.0 Å². The lowest BCUT2D eigenvalue weighted by molar-refractivity contribution is 0.476. The Balaban J connectivity index is 1.90. The van der Waals surface area contributed by atoms with Crippen LogP contribution < -0.4 is 21.9 Å². The maximum Gasteiger partial charge on any atom is 0.252 e. The topological polar surface area (TPSA) is 82.9 Å². The zero-order valence-corrected chi connectivity index (χ0v) is 14.9. The van der Waals surface area contributed by atoms with Gasteiger partial charge in [-0.05, 0) is 37.6 Å². The van der Waals surface area contributed by atoms with Crippen molar-refractivity contribution < 1.29 is 4.39 Å². The third-order valence-electron chi connectivity index (χ3n) is 4.07. The van der Waals surface area contributed by atoms with Crippen molar-refractivity contribution in [2.75, 3.05) is 5.73 Å². The van der Waals surface area contributed by atoms with Gasteiger partial charge in [-0.25, -0.2) is 4.39 Å². The number of aryl methyl sites for hydroxylation is 2. The summed E-state index contributed by atoms with van der Waals surface area (Å²) in [6.07, 6.45) is 0.940. The van der Waals surface area contributed by atoms with E-state index in [-0.39, 0.29) is 11.7 Å². The van der Waals surface area contributed by atoms with Gasteiger partial charge in [0.15, 0.2) is 0 Å². The summed E-state index contributed by atoms with van der Waals surface area (Å²) in [5, 5.41) is 6.21. The van der Waals surface area contributed by atoms with Crippen LogP contribution in [0.5, 0.6) is 0 Å². The molecule has 0 bridgehead atoms. The van der Waals surface area contributed by atoms with Crippen LogP contribution in [0.3, 0.4) is 0 Å². The van der Waals surface area contributed by atoms with Gasteiger partial charge in [0.2, 0.25) is 0 Å². The third kappa shape index (κ3) is 3.09. The van der Waals surface area contributed by atoms with E-state index in [1.54, 1.807) is 6.07 Å². The summed E-state index contributed by atoms with van der Waals surface area (Å²) >= 11 is 3.38. The highest BCUT2D eigenvalue weighted by atomic mass is 79.9. The monoisotopic (exact) mass is 392 g/mol. The number of hydrogen-bond acceptors (Lipinski definition) is 4. The highest BCUT2D eigenvalue weighted by molar-refractivity contribution is 9.10. The van der Waals surface area contributed by atoms with E-state index in [1.807, 2.05) is 26.0 Å². The SMILES string of the molecule is Cc1cc(C)c(CNC2NC=C(F)c3c(N)cc(Br)cc32)c(=O)[nH]1. The summed E-state index contributed by atoms with van der Waals surface area (Å²) in [6, 6.07) is 5.41. The van der Waals surface area contributed by atoms with Crippen LogP contribution in [0.1, 0.15) is 34.1 Å². The second kappa shape index (κ2) is 6.41. The smallest absolute Gasteiger partial charge is 0.252 e. The first-order chi connectivity index (χ1) is 11.4. The molecule has 1 aromatic carbocycles. The van der Waals surface area contributed by atoms with Crippen LogP contribution in [-0.2, 0) is 6.54 Å². The number of anilines is 1. The van der Waals surface area contributed by atoms with Crippen molar-refractivity contribution in [2.45, 2.75) is 26.6 Å². The Kier molecular flexibility index (Phi) is 4.47. The van der Waals surface area contributed by atoms with Crippen LogP contribution in [0.4, 0.5) is 10.1 Å². The number of aromatic nitrogens is 1. The van der Waals surface area contributed by atoms with Crippen molar-refractivity contribution in [3.8, 4) is 0 Å². The molecule has 126 valence electrons. The summed E-state index contributed by atoms with van der Waals surface area (Å²) in [5.74, 6) is -0.405. The van der Waals surface area contributed by atoms with Gasteiger partial charge in [-0.15, -0.1) is 0 Å². The number of pyridine rings is 1. The molecule has 1 aliphatic heterocycles. The molecule has 0 aliphatic carbocycles. The fraction of sp³-hybridized carbons (Fsp3) is 0.235. The molecule has 1 aromatic heterocycles. The van der Waals surface area contributed by atoms with E-state index in [1.165, 1.54) is 6.20 Å². The Morgan fingerprint density at radius 2 is 2.08 bits per heavy atom. The fourth-order valence-electron chi connectivity index (χ4n) is 2.95. The summed E-state index contributed by atoms with van der Waals surface area (Å²) in [5.41, 5.74) is 9.66. The molecule has 2 heterocycles. The van der Waals surface area contributed by atoms with Crippen LogP contribution >= 0.6 is 15.9 Å². The summed E-state index contributed by atoms with van der Waals surface area (Å²) in [4.78, 5) is 14.9. The van der Waals surface area contributed by atoms with Crippen LogP contribution in [0.25, 0.3) is 5.83 Å². The van der Waals surface area contributed by atoms with Crippen molar-refractivity contribution in [2.24, 2.45) is 0 Å². The number of nitrogens with one attached hydrogen (secondary N) is 3. The second-order valence-corrected chi connectivity index (χ2v) is 6.79. The first-order valence-corrected chi connectivity index (χ1v) is 8.30. The first kappa shape index (κ1) is 16.7. The molecule has 5 N–H and O–H groups in total. The van der Waals surface area contributed by atoms with Crippen molar-refractivity contribution in [3.05, 3.63) is 67.2 Å². The number of hydrogen-bond donors (Lipinski definition) is 4. The van der Waals surface area contributed by atoms with E-state index in [9.17, 15) is 9.18 Å². The number of nitrogen functional groups attached to an aromatic ring is 1. The van der Waals surface area contributed by atoms with E-state index in [0.717, 1.165) is 15.7 Å². The summed E-state index contributed by atoms with van der Waals surface area (Å²) in [7, 11) is 0. The van der Waals surface area contributed by atoms with Crippen LogP contribution in [0.15, 0.2) is 33.7 Å². The largest absolute Gasteiger partial charge is 0.398 e. The van der Waals surface area contributed by atoms with Gasteiger partial charge in [0, 0.05) is 45.3 Å². The van der Waals surface area contributed by atoms with Crippen LogP contribution in [-0.4, -0.2) is 4.98 Å². The number of benzene rings is 1. The zero-order chi connectivity index (χ0) is 17.4. The van der Waals surface area contributed by atoms with Gasteiger partial charge in [-0.2, -0.15) is 0 Å². The molecule has 24 heavy (non-hydrogen) atoms. The molecule has 0 saturated carbocycles. The lowest BCUT2D eigenvalue weighted by Gasteiger charge is -2.27. The Labute approximate surface area is 147 Å². The zero-order valence-electron chi connectivity index (χ0n) is 13.3. The quantitative estimate of drug-likeness (QED) is 0.605. The number of H-pyrrole nitrogens is 1. The van der Waals surface area contributed by atoms with Gasteiger partial charge in [0.05, 0.1) is 0 Å². The molecule has 0 spiro atoms. The van der Waals surface area contributed by atoms with Gasteiger partial charge >= 0.3 is 0 Å². The molecule has 0 fully saturated rings. The number of rotatable bonds is 3. The maximum absolute atomic E-state index is 14.1. The van der Waals surface area contributed by atoms with E-state index < -0.39 is 5.83 Å². The minimum atomic E-state index is -0.405. The average Bonchev–Trinajstić information content (AvgIpc) is 2.47. The molecular weight excluding hydrogens is 375 g/mol. The fourth-order valence-corrected chi connectivity index (χ4v) is 3.44. The molecule has 0 amide bonds. The van der Waals surface area contributed by atoms with E-state index in [0.29, 0.717) is 28.9 Å².